The second-order valence-corrected chi connectivity index (χ2v) is 4.84. The van der Waals surface area contributed by atoms with Crippen LogP contribution in [-0.2, 0) is 0 Å². The lowest BCUT2D eigenvalue weighted by atomic mass is 10.0. The molecule has 1 aromatic rings. The van der Waals surface area contributed by atoms with Gasteiger partial charge in [0.05, 0.1) is 11.4 Å². The molecule has 1 aromatic carbocycles. The summed E-state index contributed by atoms with van der Waals surface area (Å²) in [5.41, 5.74) is 7.58. The molecule has 0 aliphatic heterocycles. The van der Waals surface area contributed by atoms with Crippen molar-refractivity contribution in [2.75, 3.05) is 17.6 Å². The first kappa shape index (κ1) is 11.2. The number of hydrogen-bond donors (Lipinski definition) is 2. The normalized spacial score (nSPS) is 17.1. The van der Waals surface area contributed by atoms with E-state index in [-0.39, 0.29) is 5.82 Å². The minimum atomic E-state index is -0.239. The highest BCUT2D eigenvalue weighted by Crippen LogP contribution is 2.49. The number of rotatable bonds is 5. The highest BCUT2D eigenvalue weighted by molar-refractivity contribution is 5.65. The van der Waals surface area contributed by atoms with Gasteiger partial charge in [0.15, 0.2) is 0 Å². The first-order chi connectivity index (χ1) is 7.65. The van der Waals surface area contributed by atoms with Gasteiger partial charge in [0.25, 0.3) is 0 Å². The van der Waals surface area contributed by atoms with Crippen LogP contribution in [0.25, 0.3) is 0 Å². The Balaban J connectivity index is 1.97. The monoisotopic (exact) mass is 222 g/mol. The van der Waals surface area contributed by atoms with Crippen molar-refractivity contribution in [3.8, 4) is 0 Å². The average molecular weight is 222 g/mol. The van der Waals surface area contributed by atoms with E-state index in [1.54, 1.807) is 6.07 Å². The predicted molar refractivity (Wildman–Crippen MR) is 65.9 cm³/mol. The Labute approximate surface area is 96.0 Å². The molecule has 0 saturated heterocycles. The maximum absolute atomic E-state index is 13.0. The summed E-state index contributed by atoms with van der Waals surface area (Å²) in [7, 11) is 0. The second-order valence-electron chi connectivity index (χ2n) is 4.84. The molecule has 2 nitrogen and oxygen atoms in total. The van der Waals surface area contributed by atoms with Gasteiger partial charge >= 0.3 is 0 Å². The van der Waals surface area contributed by atoms with Crippen LogP contribution in [-0.4, -0.2) is 6.54 Å². The molecule has 1 saturated carbocycles. The Morgan fingerprint density at radius 1 is 1.44 bits per heavy atom. The van der Waals surface area contributed by atoms with Crippen molar-refractivity contribution in [2.24, 2.45) is 5.41 Å². The van der Waals surface area contributed by atoms with Crippen molar-refractivity contribution in [1.82, 2.24) is 0 Å². The minimum Gasteiger partial charge on any atom is -0.397 e. The third-order valence-corrected chi connectivity index (χ3v) is 3.41. The van der Waals surface area contributed by atoms with Crippen molar-refractivity contribution < 1.29 is 4.39 Å². The number of halogens is 1. The fourth-order valence-electron chi connectivity index (χ4n) is 2.19. The van der Waals surface area contributed by atoms with Crippen LogP contribution in [0.5, 0.6) is 0 Å². The van der Waals surface area contributed by atoms with E-state index in [2.05, 4.69) is 12.2 Å². The maximum atomic E-state index is 13.0. The first-order valence-corrected chi connectivity index (χ1v) is 5.94. The van der Waals surface area contributed by atoms with Crippen molar-refractivity contribution in [2.45, 2.75) is 32.6 Å². The highest BCUT2D eigenvalue weighted by Gasteiger charge is 2.41. The summed E-state index contributed by atoms with van der Waals surface area (Å²) in [5, 5.41) is 3.28. The van der Waals surface area contributed by atoms with Crippen LogP contribution in [0, 0.1) is 11.2 Å². The van der Waals surface area contributed by atoms with Crippen molar-refractivity contribution in [3.05, 3.63) is 24.0 Å². The van der Waals surface area contributed by atoms with Crippen LogP contribution in [0.2, 0.25) is 0 Å². The summed E-state index contributed by atoms with van der Waals surface area (Å²) in [4.78, 5) is 0. The summed E-state index contributed by atoms with van der Waals surface area (Å²) in [5.74, 6) is -0.239. The SMILES string of the molecule is CCCC1(CNc2cc(F)ccc2N)CC1. The van der Waals surface area contributed by atoms with Gasteiger partial charge in [-0.3, -0.25) is 0 Å². The van der Waals surface area contributed by atoms with Gasteiger partial charge in [-0.05, 0) is 42.9 Å². The van der Waals surface area contributed by atoms with Crippen LogP contribution in [0.15, 0.2) is 18.2 Å². The van der Waals surface area contributed by atoms with E-state index >= 15 is 0 Å². The molecule has 0 radical (unpaired) electrons. The molecule has 88 valence electrons. The molecule has 0 spiro atoms. The molecule has 1 fully saturated rings. The number of hydrogen-bond acceptors (Lipinski definition) is 2. The number of anilines is 2. The standard InChI is InChI=1S/C13H19FN2/c1-2-5-13(6-7-13)9-16-12-8-10(14)3-4-11(12)15/h3-4,8,16H,2,5-7,9,15H2,1H3. The van der Waals surface area contributed by atoms with E-state index in [0.29, 0.717) is 11.1 Å². The summed E-state index contributed by atoms with van der Waals surface area (Å²) in [6.07, 6.45) is 5.02. The fraction of sp³-hybridized carbons (Fsp3) is 0.538. The molecule has 3 heteroatoms. The molecule has 1 aliphatic rings. The smallest absolute Gasteiger partial charge is 0.125 e. The largest absolute Gasteiger partial charge is 0.397 e. The molecule has 3 N–H and O–H groups in total. The molecular weight excluding hydrogens is 203 g/mol. The lowest BCUT2D eigenvalue weighted by molar-refractivity contribution is 0.485. The zero-order valence-electron chi connectivity index (χ0n) is 9.72. The number of nitrogens with two attached hydrogens (primary N) is 1. The number of nitrogen functional groups attached to an aromatic ring is 1. The lowest BCUT2D eigenvalue weighted by Gasteiger charge is -2.17. The zero-order valence-corrected chi connectivity index (χ0v) is 9.72. The van der Waals surface area contributed by atoms with Crippen molar-refractivity contribution in [1.29, 1.82) is 0 Å². The number of nitrogens with one attached hydrogen (secondary N) is 1. The number of benzene rings is 1. The summed E-state index contributed by atoms with van der Waals surface area (Å²) >= 11 is 0. The molecule has 16 heavy (non-hydrogen) atoms. The molecule has 0 unspecified atom stereocenters. The summed E-state index contributed by atoms with van der Waals surface area (Å²) in [6.45, 7) is 3.12. The minimum absolute atomic E-state index is 0.239. The molecule has 0 amide bonds. The van der Waals surface area contributed by atoms with Crippen LogP contribution >= 0.6 is 0 Å². The fourth-order valence-corrected chi connectivity index (χ4v) is 2.19. The van der Waals surface area contributed by atoms with Gasteiger partial charge in [-0.1, -0.05) is 13.3 Å². The van der Waals surface area contributed by atoms with E-state index in [4.69, 9.17) is 5.73 Å². The van der Waals surface area contributed by atoms with Crippen LogP contribution < -0.4 is 11.1 Å². The Hall–Kier alpha value is -1.25. The van der Waals surface area contributed by atoms with Gasteiger partial charge in [0, 0.05) is 6.54 Å². The summed E-state index contributed by atoms with van der Waals surface area (Å²) in [6, 6.07) is 4.47. The van der Waals surface area contributed by atoms with Gasteiger partial charge in [0.1, 0.15) is 5.82 Å². The molecule has 1 aliphatic carbocycles. The third kappa shape index (κ3) is 2.46. The molecular formula is C13H19FN2. The summed E-state index contributed by atoms with van der Waals surface area (Å²) < 4.78 is 13.0. The average Bonchev–Trinajstić information content (AvgIpc) is 3.01. The Morgan fingerprint density at radius 3 is 2.81 bits per heavy atom. The predicted octanol–water partition coefficient (Wildman–Crippen LogP) is 3.40. The zero-order chi connectivity index (χ0) is 11.6. The molecule has 2 rings (SSSR count). The molecule has 0 aromatic heterocycles. The lowest BCUT2D eigenvalue weighted by Crippen LogP contribution is -2.16. The van der Waals surface area contributed by atoms with Gasteiger partial charge < -0.3 is 11.1 Å². The third-order valence-electron chi connectivity index (χ3n) is 3.41. The van der Waals surface area contributed by atoms with E-state index in [1.807, 2.05) is 0 Å². The van der Waals surface area contributed by atoms with Crippen LogP contribution in [0.4, 0.5) is 15.8 Å². The quantitative estimate of drug-likeness (QED) is 0.749. The van der Waals surface area contributed by atoms with Crippen LogP contribution in [0.3, 0.4) is 0 Å². The Kier molecular flexibility index (Phi) is 3.03. The maximum Gasteiger partial charge on any atom is 0.125 e. The Bertz CT molecular complexity index is 372. The van der Waals surface area contributed by atoms with E-state index in [0.717, 1.165) is 12.2 Å². The van der Waals surface area contributed by atoms with Crippen LogP contribution in [0.1, 0.15) is 32.6 Å². The van der Waals surface area contributed by atoms with Gasteiger partial charge in [-0.25, -0.2) is 4.39 Å². The van der Waals surface area contributed by atoms with E-state index in [1.165, 1.54) is 37.8 Å². The molecule has 0 bridgehead atoms. The van der Waals surface area contributed by atoms with Gasteiger partial charge in [-0.15, -0.1) is 0 Å². The van der Waals surface area contributed by atoms with Crippen molar-refractivity contribution >= 4 is 11.4 Å². The van der Waals surface area contributed by atoms with Gasteiger partial charge in [0.2, 0.25) is 0 Å². The van der Waals surface area contributed by atoms with Gasteiger partial charge in [-0.2, -0.15) is 0 Å². The van der Waals surface area contributed by atoms with Crippen molar-refractivity contribution in [3.63, 3.8) is 0 Å². The second kappa shape index (κ2) is 4.32. The topological polar surface area (TPSA) is 38.0 Å². The first-order valence-electron chi connectivity index (χ1n) is 5.94. The highest BCUT2D eigenvalue weighted by atomic mass is 19.1. The Morgan fingerprint density at radius 2 is 2.19 bits per heavy atom. The van der Waals surface area contributed by atoms with E-state index in [9.17, 15) is 4.39 Å². The molecule has 0 heterocycles. The molecule has 0 atom stereocenters. The van der Waals surface area contributed by atoms with E-state index < -0.39 is 0 Å².